The first-order chi connectivity index (χ1) is 9.95. The molecular weight excluding hydrogens is 272 g/mol. The smallest absolute Gasteiger partial charge is 0.333 e. The quantitative estimate of drug-likeness (QED) is 0.801. The minimum Gasteiger partial charge on any atom is -0.479 e. The third-order valence-electron chi connectivity index (χ3n) is 3.37. The van der Waals surface area contributed by atoms with E-state index in [1.165, 1.54) is 11.8 Å². The van der Waals surface area contributed by atoms with Crippen LogP contribution in [0.2, 0.25) is 0 Å². The number of nitrogens with zero attached hydrogens (tertiary/aromatic N) is 1. The Morgan fingerprint density at radius 1 is 1.33 bits per heavy atom. The van der Waals surface area contributed by atoms with Crippen LogP contribution in [-0.4, -0.2) is 48.8 Å². The van der Waals surface area contributed by atoms with E-state index in [-0.39, 0.29) is 0 Å². The summed E-state index contributed by atoms with van der Waals surface area (Å²) < 4.78 is 4.95. The second-order valence-electron chi connectivity index (χ2n) is 4.80. The van der Waals surface area contributed by atoms with E-state index in [2.05, 4.69) is 5.32 Å². The van der Waals surface area contributed by atoms with E-state index in [0.29, 0.717) is 25.3 Å². The molecule has 0 aliphatic carbocycles. The molecule has 0 fully saturated rings. The Hall–Kier alpha value is -2.08. The van der Waals surface area contributed by atoms with Crippen LogP contribution in [0.25, 0.3) is 0 Å². The molecule has 0 bridgehead atoms. The van der Waals surface area contributed by atoms with Crippen molar-refractivity contribution in [2.75, 3.05) is 26.8 Å². The SMILES string of the molecule is CCN(CCOC)C(=O)NC(C)(C(=O)O)c1ccccc1. The van der Waals surface area contributed by atoms with Gasteiger partial charge in [-0.2, -0.15) is 0 Å². The van der Waals surface area contributed by atoms with Crippen LogP contribution in [0, 0.1) is 0 Å². The molecule has 0 heterocycles. The Kier molecular flexibility index (Phi) is 6.17. The molecule has 0 radical (unpaired) electrons. The lowest BCUT2D eigenvalue weighted by Crippen LogP contribution is -2.54. The van der Waals surface area contributed by atoms with Crippen molar-refractivity contribution in [1.29, 1.82) is 0 Å². The number of likely N-dealkylation sites (N-methyl/N-ethyl adjacent to an activating group) is 1. The predicted octanol–water partition coefficient (Wildman–Crippen LogP) is 1.66. The lowest BCUT2D eigenvalue weighted by Gasteiger charge is -2.30. The van der Waals surface area contributed by atoms with E-state index < -0.39 is 17.5 Å². The number of ether oxygens (including phenoxy) is 1. The van der Waals surface area contributed by atoms with Crippen LogP contribution in [0.3, 0.4) is 0 Å². The standard InChI is InChI=1S/C15H22N2O4/c1-4-17(10-11-21-3)14(20)16-15(2,13(18)19)12-8-6-5-7-9-12/h5-9H,4,10-11H2,1-3H3,(H,16,20)(H,18,19). The average Bonchev–Trinajstić information content (AvgIpc) is 2.48. The monoisotopic (exact) mass is 294 g/mol. The maximum absolute atomic E-state index is 12.3. The van der Waals surface area contributed by atoms with Crippen LogP contribution >= 0.6 is 0 Å². The number of hydrogen-bond acceptors (Lipinski definition) is 3. The van der Waals surface area contributed by atoms with Crippen LogP contribution in [-0.2, 0) is 15.1 Å². The summed E-state index contributed by atoms with van der Waals surface area (Å²) >= 11 is 0. The number of urea groups is 1. The first-order valence-electron chi connectivity index (χ1n) is 6.80. The van der Waals surface area contributed by atoms with E-state index in [4.69, 9.17) is 4.74 Å². The van der Waals surface area contributed by atoms with Gasteiger partial charge in [0.2, 0.25) is 0 Å². The summed E-state index contributed by atoms with van der Waals surface area (Å²) in [5.41, 5.74) is -0.951. The fourth-order valence-corrected chi connectivity index (χ4v) is 1.92. The number of carbonyl (C=O) groups is 2. The van der Waals surface area contributed by atoms with Crippen molar-refractivity contribution in [3.8, 4) is 0 Å². The molecule has 6 nitrogen and oxygen atoms in total. The second kappa shape index (κ2) is 7.64. The maximum atomic E-state index is 12.3. The predicted molar refractivity (Wildman–Crippen MR) is 79.1 cm³/mol. The fraction of sp³-hybridized carbons (Fsp3) is 0.467. The minimum atomic E-state index is -1.47. The number of methoxy groups -OCH3 is 1. The lowest BCUT2D eigenvalue weighted by molar-refractivity contribution is -0.144. The molecule has 1 atom stereocenters. The number of hydrogen-bond donors (Lipinski definition) is 2. The van der Waals surface area contributed by atoms with E-state index in [1.54, 1.807) is 37.4 Å². The number of carboxylic acids is 1. The van der Waals surface area contributed by atoms with Gasteiger partial charge in [-0.1, -0.05) is 30.3 Å². The Morgan fingerprint density at radius 3 is 2.43 bits per heavy atom. The van der Waals surface area contributed by atoms with Gasteiger partial charge >= 0.3 is 12.0 Å². The van der Waals surface area contributed by atoms with Crippen LogP contribution in [0.1, 0.15) is 19.4 Å². The van der Waals surface area contributed by atoms with Gasteiger partial charge in [-0.25, -0.2) is 9.59 Å². The zero-order valence-corrected chi connectivity index (χ0v) is 12.6. The Morgan fingerprint density at radius 2 is 1.95 bits per heavy atom. The third kappa shape index (κ3) is 4.19. The molecule has 6 heteroatoms. The van der Waals surface area contributed by atoms with Gasteiger partial charge in [-0.3, -0.25) is 0 Å². The van der Waals surface area contributed by atoms with Crippen LogP contribution in [0.5, 0.6) is 0 Å². The molecule has 1 aromatic rings. The van der Waals surface area contributed by atoms with Gasteiger partial charge in [-0.15, -0.1) is 0 Å². The zero-order chi connectivity index (χ0) is 15.9. The zero-order valence-electron chi connectivity index (χ0n) is 12.6. The molecule has 1 rings (SSSR count). The highest BCUT2D eigenvalue weighted by Gasteiger charge is 2.37. The Balaban J connectivity index is 2.93. The van der Waals surface area contributed by atoms with Crippen molar-refractivity contribution < 1.29 is 19.4 Å². The molecule has 0 aromatic heterocycles. The highest BCUT2D eigenvalue weighted by molar-refractivity contribution is 5.87. The van der Waals surface area contributed by atoms with Crippen LogP contribution in [0.4, 0.5) is 4.79 Å². The molecule has 0 aliphatic rings. The number of rotatable bonds is 7. The van der Waals surface area contributed by atoms with E-state index >= 15 is 0 Å². The summed E-state index contributed by atoms with van der Waals surface area (Å²) in [7, 11) is 1.55. The van der Waals surface area contributed by atoms with Gasteiger partial charge in [-0.05, 0) is 19.4 Å². The highest BCUT2D eigenvalue weighted by Crippen LogP contribution is 2.21. The van der Waals surface area contributed by atoms with Gasteiger partial charge in [0.15, 0.2) is 5.54 Å². The molecule has 1 unspecified atom stereocenters. The van der Waals surface area contributed by atoms with Crippen molar-refractivity contribution in [1.82, 2.24) is 10.2 Å². The molecule has 1 aromatic carbocycles. The van der Waals surface area contributed by atoms with Gasteiger partial charge in [0, 0.05) is 20.2 Å². The summed E-state index contributed by atoms with van der Waals surface area (Å²) in [5.74, 6) is -1.11. The average molecular weight is 294 g/mol. The summed E-state index contributed by atoms with van der Waals surface area (Å²) in [6.07, 6.45) is 0. The number of aliphatic carboxylic acids is 1. The van der Waals surface area contributed by atoms with E-state index in [9.17, 15) is 14.7 Å². The molecule has 0 aliphatic heterocycles. The van der Waals surface area contributed by atoms with Crippen molar-refractivity contribution in [3.05, 3.63) is 35.9 Å². The molecular formula is C15H22N2O4. The molecule has 0 saturated carbocycles. The van der Waals surface area contributed by atoms with Gasteiger partial charge < -0.3 is 20.1 Å². The first-order valence-corrected chi connectivity index (χ1v) is 6.80. The van der Waals surface area contributed by atoms with Crippen LogP contribution in [0.15, 0.2) is 30.3 Å². The van der Waals surface area contributed by atoms with Gasteiger partial charge in [0.05, 0.1) is 6.61 Å². The summed E-state index contributed by atoms with van der Waals surface area (Å²) in [6, 6.07) is 8.21. The van der Waals surface area contributed by atoms with Crippen molar-refractivity contribution in [3.63, 3.8) is 0 Å². The fourth-order valence-electron chi connectivity index (χ4n) is 1.92. The van der Waals surface area contributed by atoms with Crippen molar-refractivity contribution in [2.45, 2.75) is 19.4 Å². The molecule has 116 valence electrons. The largest absolute Gasteiger partial charge is 0.479 e. The number of benzene rings is 1. The molecule has 0 spiro atoms. The first kappa shape index (κ1) is 17.0. The molecule has 2 N–H and O–H groups in total. The van der Waals surface area contributed by atoms with E-state index in [1.807, 2.05) is 6.92 Å². The lowest BCUT2D eigenvalue weighted by atomic mass is 9.92. The maximum Gasteiger partial charge on any atom is 0.333 e. The van der Waals surface area contributed by atoms with Crippen molar-refractivity contribution in [2.24, 2.45) is 0 Å². The Labute approximate surface area is 124 Å². The summed E-state index contributed by atoms with van der Waals surface area (Å²) in [5, 5.41) is 12.1. The molecule has 21 heavy (non-hydrogen) atoms. The second-order valence-corrected chi connectivity index (χ2v) is 4.80. The van der Waals surface area contributed by atoms with Gasteiger partial charge in [0.1, 0.15) is 0 Å². The van der Waals surface area contributed by atoms with Crippen LogP contribution < -0.4 is 5.32 Å². The molecule has 0 saturated heterocycles. The third-order valence-corrected chi connectivity index (χ3v) is 3.37. The summed E-state index contributed by atoms with van der Waals surface area (Å²) in [4.78, 5) is 25.4. The number of carboxylic acid groups (broad SMARTS) is 1. The minimum absolute atomic E-state index is 0.399. The topological polar surface area (TPSA) is 78.9 Å². The number of nitrogens with one attached hydrogen (secondary N) is 1. The van der Waals surface area contributed by atoms with E-state index in [0.717, 1.165) is 0 Å². The Bertz CT molecular complexity index is 478. The van der Waals surface area contributed by atoms with Gasteiger partial charge in [0.25, 0.3) is 0 Å². The highest BCUT2D eigenvalue weighted by atomic mass is 16.5. The summed E-state index contributed by atoms with van der Waals surface area (Å²) in [6.45, 7) is 4.59. The number of amides is 2. The molecule has 2 amide bonds. The number of carbonyl (C=O) groups excluding carboxylic acids is 1. The van der Waals surface area contributed by atoms with Crippen molar-refractivity contribution >= 4 is 12.0 Å². The normalized spacial score (nSPS) is 13.3.